The van der Waals surface area contributed by atoms with E-state index in [1.165, 1.54) is 11.1 Å². The minimum Gasteiger partial charge on any atom is -0.267 e. The predicted octanol–water partition coefficient (Wildman–Crippen LogP) is 4.11. The maximum absolute atomic E-state index is 12.0. The molecule has 1 amide bonds. The fraction of sp³-hybridized carbons (Fsp3) is 0.176. The summed E-state index contributed by atoms with van der Waals surface area (Å²) < 4.78 is 0. The molecule has 2 aromatic carbocycles. The molecule has 3 nitrogen and oxygen atoms in total. The molecule has 108 valence electrons. The number of halogens is 1. The van der Waals surface area contributed by atoms with Gasteiger partial charge in [-0.1, -0.05) is 23.7 Å². The fourth-order valence-electron chi connectivity index (χ4n) is 1.83. The number of hydrogen-bond acceptors (Lipinski definition) is 2. The highest BCUT2D eigenvalue weighted by Crippen LogP contribution is 2.11. The van der Waals surface area contributed by atoms with Gasteiger partial charge in [0, 0.05) is 10.6 Å². The van der Waals surface area contributed by atoms with Gasteiger partial charge in [-0.15, -0.1) is 0 Å². The molecule has 0 saturated heterocycles. The minimum atomic E-state index is -0.255. The van der Waals surface area contributed by atoms with Gasteiger partial charge in [0.25, 0.3) is 5.91 Å². The van der Waals surface area contributed by atoms with E-state index in [0.717, 1.165) is 11.3 Å². The van der Waals surface area contributed by atoms with Crippen LogP contribution in [0, 0.1) is 13.8 Å². The van der Waals surface area contributed by atoms with Gasteiger partial charge in [-0.3, -0.25) is 4.79 Å². The van der Waals surface area contributed by atoms with Crippen LogP contribution < -0.4 is 5.43 Å². The van der Waals surface area contributed by atoms with E-state index in [0.29, 0.717) is 10.6 Å². The normalized spacial score (nSPS) is 11.3. The van der Waals surface area contributed by atoms with Gasteiger partial charge in [0.05, 0.1) is 5.71 Å². The smallest absolute Gasteiger partial charge is 0.267 e. The third-order valence-electron chi connectivity index (χ3n) is 3.36. The standard InChI is InChI=1S/C17H17ClN2O/c1-11-4-5-15(10-12(11)2)13(3)19-20-17(21)14-6-8-16(18)9-7-14/h4-10H,1-3H3,(H,20,21). The van der Waals surface area contributed by atoms with Crippen LogP contribution in [0.4, 0.5) is 0 Å². The second-order valence-electron chi connectivity index (χ2n) is 4.94. The molecule has 0 aromatic heterocycles. The number of nitrogens with one attached hydrogen (secondary N) is 1. The Labute approximate surface area is 129 Å². The molecule has 0 bridgehead atoms. The van der Waals surface area contributed by atoms with Crippen LogP contribution >= 0.6 is 11.6 Å². The summed E-state index contributed by atoms with van der Waals surface area (Å²) in [6, 6.07) is 12.8. The Morgan fingerprint density at radius 2 is 1.62 bits per heavy atom. The van der Waals surface area contributed by atoms with Gasteiger partial charge in [-0.25, -0.2) is 5.43 Å². The maximum Gasteiger partial charge on any atom is 0.271 e. The molecule has 0 spiro atoms. The van der Waals surface area contributed by atoms with Crippen molar-refractivity contribution < 1.29 is 4.79 Å². The van der Waals surface area contributed by atoms with E-state index in [9.17, 15) is 4.79 Å². The highest BCUT2D eigenvalue weighted by molar-refractivity contribution is 6.30. The van der Waals surface area contributed by atoms with E-state index in [-0.39, 0.29) is 5.91 Å². The number of hydrogen-bond donors (Lipinski definition) is 1. The van der Waals surface area contributed by atoms with E-state index in [4.69, 9.17) is 11.6 Å². The molecule has 0 saturated carbocycles. The summed E-state index contributed by atoms with van der Waals surface area (Å²) in [6.07, 6.45) is 0. The van der Waals surface area contributed by atoms with Crippen molar-refractivity contribution in [1.82, 2.24) is 5.43 Å². The van der Waals surface area contributed by atoms with Gasteiger partial charge in [-0.05, 0) is 67.8 Å². The second kappa shape index (κ2) is 6.55. The van der Waals surface area contributed by atoms with Crippen molar-refractivity contribution in [1.29, 1.82) is 0 Å². The van der Waals surface area contributed by atoms with E-state index in [1.807, 2.05) is 19.1 Å². The lowest BCUT2D eigenvalue weighted by Crippen LogP contribution is -2.19. The first-order chi connectivity index (χ1) is 9.97. The Hall–Kier alpha value is -2.13. The Bertz CT molecular complexity index is 690. The lowest BCUT2D eigenvalue weighted by Gasteiger charge is -2.06. The molecule has 0 aliphatic carbocycles. The summed E-state index contributed by atoms with van der Waals surface area (Å²) in [7, 11) is 0. The third-order valence-corrected chi connectivity index (χ3v) is 3.61. The highest BCUT2D eigenvalue weighted by Gasteiger charge is 2.05. The van der Waals surface area contributed by atoms with E-state index in [1.54, 1.807) is 24.3 Å². The molecule has 0 fully saturated rings. The van der Waals surface area contributed by atoms with E-state index < -0.39 is 0 Å². The van der Waals surface area contributed by atoms with Crippen LogP contribution in [0.3, 0.4) is 0 Å². The number of amides is 1. The zero-order valence-electron chi connectivity index (χ0n) is 12.3. The second-order valence-corrected chi connectivity index (χ2v) is 5.38. The molecule has 0 aliphatic heterocycles. The summed E-state index contributed by atoms with van der Waals surface area (Å²) in [5, 5.41) is 4.75. The maximum atomic E-state index is 12.0. The van der Waals surface area contributed by atoms with Crippen molar-refractivity contribution in [3.8, 4) is 0 Å². The van der Waals surface area contributed by atoms with Crippen molar-refractivity contribution in [2.75, 3.05) is 0 Å². The van der Waals surface area contributed by atoms with Crippen LogP contribution in [-0.4, -0.2) is 11.6 Å². The van der Waals surface area contributed by atoms with Gasteiger partial charge in [-0.2, -0.15) is 5.10 Å². The number of aryl methyl sites for hydroxylation is 2. The van der Waals surface area contributed by atoms with E-state index in [2.05, 4.69) is 30.4 Å². The number of rotatable bonds is 3. The van der Waals surface area contributed by atoms with Crippen LogP contribution in [0.15, 0.2) is 47.6 Å². The summed E-state index contributed by atoms with van der Waals surface area (Å²) in [5.74, 6) is -0.255. The first kappa shape index (κ1) is 15.3. The zero-order chi connectivity index (χ0) is 15.4. The number of carbonyl (C=O) groups is 1. The molecule has 0 heterocycles. The lowest BCUT2D eigenvalue weighted by molar-refractivity contribution is 0.0955. The summed E-state index contributed by atoms with van der Waals surface area (Å²) in [6.45, 7) is 5.98. The van der Waals surface area contributed by atoms with Gasteiger partial charge < -0.3 is 0 Å². The Morgan fingerprint density at radius 3 is 2.24 bits per heavy atom. The molecule has 2 aromatic rings. The van der Waals surface area contributed by atoms with Gasteiger partial charge >= 0.3 is 0 Å². The molecule has 4 heteroatoms. The van der Waals surface area contributed by atoms with Crippen molar-refractivity contribution >= 4 is 23.2 Å². The summed E-state index contributed by atoms with van der Waals surface area (Å²) in [4.78, 5) is 12.0. The molecule has 21 heavy (non-hydrogen) atoms. The molecular weight excluding hydrogens is 284 g/mol. The predicted molar refractivity (Wildman–Crippen MR) is 87.0 cm³/mol. The first-order valence-corrected chi connectivity index (χ1v) is 7.03. The van der Waals surface area contributed by atoms with Crippen LogP contribution in [0.5, 0.6) is 0 Å². The average Bonchev–Trinajstić information content (AvgIpc) is 2.48. The monoisotopic (exact) mass is 300 g/mol. The molecule has 0 radical (unpaired) electrons. The largest absolute Gasteiger partial charge is 0.271 e. The molecule has 0 aliphatic rings. The molecule has 1 N–H and O–H groups in total. The van der Waals surface area contributed by atoms with Gasteiger partial charge in [0.2, 0.25) is 0 Å². The molecule has 2 rings (SSSR count). The number of nitrogens with zero attached hydrogens (tertiary/aromatic N) is 1. The third kappa shape index (κ3) is 3.92. The minimum absolute atomic E-state index is 0.255. The van der Waals surface area contributed by atoms with Crippen molar-refractivity contribution in [3.63, 3.8) is 0 Å². The lowest BCUT2D eigenvalue weighted by atomic mass is 10.0. The van der Waals surface area contributed by atoms with Crippen molar-refractivity contribution in [3.05, 3.63) is 69.7 Å². The van der Waals surface area contributed by atoms with Crippen LogP contribution in [0.25, 0.3) is 0 Å². The Morgan fingerprint density at radius 1 is 1.00 bits per heavy atom. The first-order valence-electron chi connectivity index (χ1n) is 6.65. The number of carbonyl (C=O) groups excluding carboxylic acids is 1. The Balaban J connectivity index is 2.10. The number of benzene rings is 2. The van der Waals surface area contributed by atoms with Crippen molar-refractivity contribution in [2.45, 2.75) is 20.8 Å². The van der Waals surface area contributed by atoms with E-state index >= 15 is 0 Å². The van der Waals surface area contributed by atoms with Gasteiger partial charge in [0.1, 0.15) is 0 Å². The SMILES string of the molecule is CC(=NNC(=O)c1ccc(Cl)cc1)c1ccc(C)c(C)c1. The average molecular weight is 301 g/mol. The highest BCUT2D eigenvalue weighted by atomic mass is 35.5. The Kier molecular flexibility index (Phi) is 4.76. The topological polar surface area (TPSA) is 41.5 Å². The van der Waals surface area contributed by atoms with Gasteiger partial charge in [0.15, 0.2) is 0 Å². The van der Waals surface area contributed by atoms with Crippen LogP contribution in [-0.2, 0) is 0 Å². The molecule has 0 atom stereocenters. The summed E-state index contributed by atoms with van der Waals surface area (Å²) in [5.41, 5.74) is 7.27. The van der Waals surface area contributed by atoms with Crippen molar-refractivity contribution in [2.24, 2.45) is 5.10 Å². The van der Waals surface area contributed by atoms with Crippen LogP contribution in [0.2, 0.25) is 5.02 Å². The quantitative estimate of drug-likeness (QED) is 0.672. The fourth-order valence-corrected chi connectivity index (χ4v) is 1.96. The zero-order valence-corrected chi connectivity index (χ0v) is 13.0. The molecular formula is C17H17ClN2O. The molecule has 0 unspecified atom stereocenters. The summed E-state index contributed by atoms with van der Waals surface area (Å²) >= 11 is 5.79. The van der Waals surface area contributed by atoms with Crippen LogP contribution in [0.1, 0.15) is 34.0 Å². The number of hydrazone groups is 1.